The van der Waals surface area contributed by atoms with E-state index in [0.29, 0.717) is 5.82 Å². The molecule has 9 heteroatoms. The van der Waals surface area contributed by atoms with Gasteiger partial charge in [0.2, 0.25) is 0 Å². The van der Waals surface area contributed by atoms with Gasteiger partial charge >= 0.3 is 0 Å². The van der Waals surface area contributed by atoms with Crippen LogP contribution in [-0.4, -0.2) is 14.5 Å². The summed E-state index contributed by atoms with van der Waals surface area (Å²) in [5.74, 6) is 0.559. The van der Waals surface area contributed by atoms with Crippen molar-refractivity contribution in [2.75, 3.05) is 14.7 Å². The van der Waals surface area contributed by atoms with Gasteiger partial charge in [-0.25, -0.2) is 9.97 Å². The third kappa shape index (κ3) is 12.9. The number of furan rings is 3. The zero-order chi connectivity index (χ0) is 76.9. The van der Waals surface area contributed by atoms with Crippen molar-refractivity contribution < 1.29 is 13.3 Å². The first kappa shape index (κ1) is 68.9. The average Bonchev–Trinajstić information content (AvgIpc) is 1.61. The van der Waals surface area contributed by atoms with E-state index in [4.69, 9.17) is 23.2 Å². The summed E-state index contributed by atoms with van der Waals surface area (Å²) in [5, 5.41) is 8.92. The summed E-state index contributed by atoms with van der Waals surface area (Å²) in [7, 11) is 0. The van der Waals surface area contributed by atoms with E-state index in [0.717, 1.165) is 200 Å². The molecule has 0 saturated carbocycles. The SMILES string of the molecule is C=C\C=C/C=C\C(=C/C)N(c1ccc(-c2ccc3c(c2)oc2ccccc23)cc1)c1cccc(-c2nc(-c3cccc(N(/C=C/C)c4ccc(-c5ccc6c(c5)oc5ccccc56)cc4)c3)cc(-c3cccc(N(c4ccc(-c5ccc6c(c5)oc5ccccc56)cc4)c4ccc5c(c4)c4ccccc4n5-c4ccccc4)c3)n2)c1. The summed E-state index contributed by atoms with van der Waals surface area (Å²) in [6, 6.07) is 125. The minimum Gasteiger partial charge on any atom is -0.456 e. The maximum Gasteiger partial charge on any atom is 0.160 e. The van der Waals surface area contributed by atoms with E-state index in [1.54, 1.807) is 6.08 Å². The molecule has 20 rings (SSSR count). The lowest BCUT2D eigenvalue weighted by Crippen LogP contribution is -2.15. The first-order valence-electron chi connectivity index (χ1n) is 38.8. The van der Waals surface area contributed by atoms with E-state index in [9.17, 15) is 0 Å². The van der Waals surface area contributed by atoms with E-state index in [1.807, 2.05) is 54.6 Å². The van der Waals surface area contributed by atoms with Crippen molar-refractivity contribution in [2.45, 2.75) is 13.8 Å². The molecule has 0 bridgehead atoms. The van der Waals surface area contributed by atoms with Crippen LogP contribution in [0.15, 0.2) is 426 Å². The van der Waals surface area contributed by atoms with Crippen LogP contribution in [0, 0.1) is 0 Å². The molecule has 0 N–H and O–H groups in total. The van der Waals surface area contributed by atoms with E-state index in [-0.39, 0.29) is 0 Å². The number of fused-ring (bicyclic) bond motifs is 12. The Labute approximate surface area is 665 Å². The molecule has 0 unspecified atom stereocenters. The standard InChI is InChI=1S/C106H74N6O3/c1-4-7-8-10-27-79(6-3)110(82-52-43-71(44-53-82)74-48-58-93-90-35-15-19-39-101(90)114-104(93)66-74)86-32-23-26-78(64-86)106-107-96(76-24-21-30-84(62-76)109(61-5-2)80-50-41-70(42-51-80)73-47-57-92-89-34-14-18-38-100(89)113-103(92)65-73)69-97(108-106)77-25-22-31-85(63-77)111(83-54-45-72(46-55-83)75-49-59-94-91-36-16-20-40-102(91)115-105(94)67-75)87-56-60-99-95(68-87)88-33-13-17-37-98(88)112(99)81-28-11-9-12-29-81/h4-69H,1H2,2-3H3/b8-7-,27-10-,61-5+,79-6+. The van der Waals surface area contributed by atoms with Crippen molar-refractivity contribution in [2.24, 2.45) is 0 Å². The highest BCUT2D eigenvalue weighted by Crippen LogP contribution is 2.45. The lowest BCUT2D eigenvalue weighted by Gasteiger charge is -2.27. The van der Waals surface area contributed by atoms with Crippen LogP contribution in [0.25, 0.3) is 161 Å². The topological polar surface area (TPSA) is 79.9 Å². The van der Waals surface area contributed by atoms with Gasteiger partial charge in [0.1, 0.15) is 33.5 Å². The molecule has 20 aromatic rings. The molecule has 0 amide bonds. The first-order valence-corrected chi connectivity index (χ1v) is 38.8. The van der Waals surface area contributed by atoms with Gasteiger partial charge in [-0.1, -0.05) is 225 Å². The number of anilines is 7. The van der Waals surface area contributed by atoms with Crippen molar-refractivity contribution in [3.63, 3.8) is 0 Å². The number of rotatable bonds is 19. The number of hydrogen-bond donors (Lipinski definition) is 0. The van der Waals surface area contributed by atoms with Crippen LogP contribution < -0.4 is 14.7 Å². The molecule has 0 aliphatic rings. The van der Waals surface area contributed by atoms with Crippen molar-refractivity contribution in [1.82, 2.24) is 14.5 Å². The van der Waals surface area contributed by atoms with Gasteiger partial charge in [-0.05, 0) is 223 Å². The molecule has 0 aliphatic carbocycles. The molecule has 5 aromatic heterocycles. The van der Waals surface area contributed by atoms with Crippen LogP contribution in [0.5, 0.6) is 0 Å². The average molecular weight is 1480 g/mol. The Kier molecular flexibility index (Phi) is 17.7. The molecule has 0 fully saturated rings. The number of aromatic nitrogens is 3. The van der Waals surface area contributed by atoms with Gasteiger partial charge in [-0.3, -0.25) is 0 Å². The molecular weight excluding hydrogens is 1410 g/mol. The first-order chi connectivity index (χ1) is 56.8. The third-order valence-electron chi connectivity index (χ3n) is 21.8. The molecule has 546 valence electrons. The molecule has 0 aliphatic heterocycles. The van der Waals surface area contributed by atoms with Crippen LogP contribution in [0.1, 0.15) is 13.8 Å². The molecule has 0 radical (unpaired) electrons. The zero-order valence-electron chi connectivity index (χ0n) is 63.2. The molecule has 9 nitrogen and oxygen atoms in total. The lowest BCUT2D eigenvalue weighted by atomic mass is 10.0. The summed E-state index contributed by atoms with van der Waals surface area (Å²) in [6.45, 7) is 8.07. The fourth-order valence-electron chi connectivity index (χ4n) is 16.3. The second-order valence-electron chi connectivity index (χ2n) is 28.8. The smallest absolute Gasteiger partial charge is 0.160 e. The molecule has 5 heterocycles. The largest absolute Gasteiger partial charge is 0.456 e. The number of allylic oxidation sites excluding steroid dienone is 7. The molecular formula is C106H74N6O3. The van der Waals surface area contributed by atoms with Crippen molar-refractivity contribution in [1.29, 1.82) is 0 Å². The summed E-state index contributed by atoms with van der Waals surface area (Å²) in [4.78, 5) is 18.2. The Bertz CT molecular complexity index is 7280. The van der Waals surface area contributed by atoms with E-state index < -0.39 is 0 Å². The van der Waals surface area contributed by atoms with Crippen LogP contribution in [0.3, 0.4) is 0 Å². The maximum absolute atomic E-state index is 6.42. The number of hydrogen-bond acceptors (Lipinski definition) is 8. The zero-order valence-corrected chi connectivity index (χ0v) is 63.2. The predicted octanol–water partition coefficient (Wildman–Crippen LogP) is 29.8. The summed E-state index contributed by atoms with van der Waals surface area (Å²) in [5.41, 5.74) is 26.9. The second kappa shape index (κ2) is 29.5. The Hall–Kier alpha value is -15.3. The van der Waals surface area contributed by atoms with E-state index >= 15 is 0 Å². The van der Waals surface area contributed by atoms with Gasteiger partial charge in [0.25, 0.3) is 0 Å². The summed E-state index contributed by atoms with van der Waals surface area (Å²) in [6.07, 6.45) is 16.2. The highest BCUT2D eigenvalue weighted by Gasteiger charge is 2.23. The van der Waals surface area contributed by atoms with Crippen LogP contribution in [0.4, 0.5) is 39.8 Å². The molecule has 0 atom stereocenters. The number of nitrogens with zero attached hydrogens (tertiary/aromatic N) is 6. The van der Waals surface area contributed by atoms with Crippen LogP contribution in [-0.2, 0) is 0 Å². The quantitative estimate of drug-likeness (QED) is 0.0741. The normalized spacial score (nSPS) is 12.1. The number of para-hydroxylation sites is 5. The summed E-state index contributed by atoms with van der Waals surface area (Å²) < 4.78 is 21.5. The van der Waals surface area contributed by atoms with Gasteiger partial charge in [-0.15, -0.1) is 0 Å². The van der Waals surface area contributed by atoms with Crippen molar-refractivity contribution in [3.8, 4) is 73.0 Å². The van der Waals surface area contributed by atoms with Crippen LogP contribution >= 0.6 is 0 Å². The van der Waals surface area contributed by atoms with Crippen LogP contribution in [0.2, 0.25) is 0 Å². The van der Waals surface area contributed by atoms with E-state index in [1.165, 1.54) is 0 Å². The minimum atomic E-state index is 0.559. The Morgan fingerprint density at radius 3 is 1.31 bits per heavy atom. The molecule has 15 aromatic carbocycles. The van der Waals surface area contributed by atoms with Gasteiger partial charge in [0, 0.05) is 117 Å². The highest BCUT2D eigenvalue weighted by molar-refractivity contribution is 6.12. The maximum atomic E-state index is 6.42. The van der Waals surface area contributed by atoms with E-state index in [2.05, 4.69) is 380 Å². The van der Waals surface area contributed by atoms with Gasteiger partial charge in [-0.2, -0.15) is 0 Å². The molecule has 0 spiro atoms. The molecule has 115 heavy (non-hydrogen) atoms. The van der Waals surface area contributed by atoms with Crippen molar-refractivity contribution >= 4 is 127 Å². The lowest BCUT2D eigenvalue weighted by molar-refractivity contribution is 0.668. The third-order valence-corrected chi connectivity index (χ3v) is 21.8. The Morgan fingerprint density at radius 2 is 0.757 bits per heavy atom. The monoisotopic (exact) mass is 1480 g/mol. The Balaban J connectivity index is 0.717. The second-order valence-corrected chi connectivity index (χ2v) is 28.8. The summed E-state index contributed by atoms with van der Waals surface area (Å²) >= 11 is 0. The number of benzene rings is 15. The minimum absolute atomic E-state index is 0.559. The van der Waals surface area contributed by atoms with Gasteiger partial charge < -0.3 is 32.5 Å². The fourth-order valence-corrected chi connectivity index (χ4v) is 16.3. The van der Waals surface area contributed by atoms with Crippen molar-refractivity contribution in [3.05, 3.63) is 413 Å². The predicted molar refractivity (Wildman–Crippen MR) is 480 cm³/mol. The highest BCUT2D eigenvalue weighted by atomic mass is 16.3. The fraction of sp³-hybridized carbons (Fsp3) is 0.0189. The van der Waals surface area contributed by atoms with Gasteiger partial charge in [0.15, 0.2) is 5.82 Å². The Morgan fingerprint density at radius 1 is 0.313 bits per heavy atom. The molecule has 0 saturated heterocycles. The van der Waals surface area contributed by atoms with Gasteiger partial charge in [0.05, 0.1) is 22.4 Å².